The van der Waals surface area contributed by atoms with Crippen molar-refractivity contribution in [2.45, 2.75) is 0 Å². The molecule has 0 atom stereocenters. The largest absolute Gasteiger partial charge is 0.360 e. The van der Waals surface area contributed by atoms with E-state index in [1.54, 1.807) is 0 Å². The van der Waals surface area contributed by atoms with Crippen LogP contribution in [0.15, 0.2) is 28.9 Å². The number of aromatic amines is 1. The van der Waals surface area contributed by atoms with Crippen molar-refractivity contribution in [2.75, 3.05) is 0 Å². The quantitative estimate of drug-likeness (QED) is 0.712. The highest BCUT2D eigenvalue weighted by Crippen LogP contribution is 2.26. The van der Waals surface area contributed by atoms with Gasteiger partial charge in [-0.15, -0.1) is 0 Å². The molecular formula is C8H5BrClN. The monoisotopic (exact) mass is 229 g/mol. The fraction of sp³-hybridized carbons (Fsp3) is 0. The van der Waals surface area contributed by atoms with Crippen LogP contribution < -0.4 is 0 Å². The van der Waals surface area contributed by atoms with Gasteiger partial charge in [0.1, 0.15) is 0 Å². The van der Waals surface area contributed by atoms with Crippen LogP contribution in [0.25, 0.3) is 10.9 Å². The number of rotatable bonds is 0. The summed E-state index contributed by atoms with van der Waals surface area (Å²) in [6, 6.07) is 5.89. The van der Waals surface area contributed by atoms with Gasteiger partial charge in [-0.05, 0) is 18.2 Å². The Morgan fingerprint density at radius 2 is 2.18 bits per heavy atom. The van der Waals surface area contributed by atoms with Gasteiger partial charge in [-0.2, -0.15) is 0 Å². The van der Waals surface area contributed by atoms with E-state index in [1.165, 1.54) is 0 Å². The van der Waals surface area contributed by atoms with Gasteiger partial charge in [-0.1, -0.05) is 27.5 Å². The van der Waals surface area contributed by atoms with Gasteiger partial charge in [0.05, 0.1) is 10.5 Å². The predicted octanol–water partition coefficient (Wildman–Crippen LogP) is 3.58. The zero-order chi connectivity index (χ0) is 7.84. The molecule has 0 unspecified atom stereocenters. The molecule has 0 aliphatic rings. The van der Waals surface area contributed by atoms with Crippen molar-refractivity contribution >= 4 is 38.4 Å². The lowest BCUT2D eigenvalue weighted by atomic mass is 10.2. The maximum atomic E-state index is 5.94. The standard InChI is InChI=1S/C8H5BrClN/c9-6-3-5-1-2-11-8(5)7(10)4-6/h1-4,11H. The summed E-state index contributed by atoms with van der Waals surface area (Å²) in [5.74, 6) is 0. The summed E-state index contributed by atoms with van der Waals surface area (Å²) in [6.07, 6.45) is 1.88. The van der Waals surface area contributed by atoms with Crippen LogP contribution >= 0.6 is 27.5 Å². The smallest absolute Gasteiger partial charge is 0.0658 e. The van der Waals surface area contributed by atoms with Crippen LogP contribution in [0.5, 0.6) is 0 Å². The first-order chi connectivity index (χ1) is 5.27. The minimum Gasteiger partial charge on any atom is -0.360 e. The average molecular weight is 230 g/mol. The molecule has 1 aromatic carbocycles. The average Bonchev–Trinajstić information content (AvgIpc) is 2.34. The van der Waals surface area contributed by atoms with Gasteiger partial charge >= 0.3 is 0 Å². The van der Waals surface area contributed by atoms with E-state index in [0.717, 1.165) is 20.4 Å². The molecule has 11 heavy (non-hydrogen) atoms. The molecule has 0 aliphatic carbocycles. The summed E-state index contributed by atoms with van der Waals surface area (Å²) in [6.45, 7) is 0. The number of nitrogens with one attached hydrogen (secondary N) is 1. The number of benzene rings is 1. The molecule has 3 heteroatoms. The summed E-state index contributed by atoms with van der Waals surface area (Å²) >= 11 is 9.31. The summed E-state index contributed by atoms with van der Waals surface area (Å²) in [5, 5.41) is 1.88. The van der Waals surface area contributed by atoms with E-state index in [4.69, 9.17) is 11.6 Å². The van der Waals surface area contributed by atoms with Gasteiger partial charge in [-0.25, -0.2) is 0 Å². The van der Waals surface area contributed by atoms with Crippen molar-refractivity contribution in [2.24, 2.45) is 0 Å². The van der Waals surface area contributed by atoms with Gasteiger partial charge in [0.2, 0.25) is 0 Å². The highest BCUT2D eigenvalue weighted by molar-refractivity contribution is 9.10. The lowest BCUT2D eigenvalue weighted by Gasteiger charge is -1.94. The number of hydrogen-bond donors (Lipinski definition) is 1. The molecule has 56 valence electrons. The third-order valence-electron chi connectivity index (χ3n) is 1.58. The molecule has 1 aromatic heterocycles. The molecule has 0 aliphatic heterocycles. The molecule has 0 radical (unpaired) electrons. The van der Waals surface area contributed by atoms with Crippen LogP contribution in [-0.4, -0.2) is 4.98 Å². The minimum atomic E-state index is 0.749. The molecule has 0 fully saturated rings. The molecule has 2 aromatic rings. The van der Waals surface area contributed by atoms with Crippen molar-refractivity contribution in [1.29, 1.82) is 0 Å². The van der Waals surface area contributed by atoms with Crippen LogP contribution in [0.3, 0.4) is 0 Å². The Balaban J connectivity index is 2.91. The lowest BCUT2D eigenvalue weighted by Crippen LogP contribution is -1.70. The molecule has 0 saturated carbocycles. The fourth-order valence-corrected chi connectivity index (χ4v) is 1.98. The molecule has 0 saturated heterocycles. The van der Waals surface area contributed by atoms with Crippen LogP contribution in [0.1, 0.15) is 0 Å². The Labute approximate surface area is 77.5 Å². The van der Waals surface area contributed by atoms with Gasteiger partial charge in [-0.3, -0.25) is 0 Å². The van der Waals surface area contributed by atoms with Crippen molar-refractivity contribution in [3.05, 3.63) is 33.9 Å². The Kier molecular flexibility index (Phi) is 1.66. The third-order valence-corrected chi connectivity index (χ3v) is 2.33. The molecule has 0 amide bonds. The van der Waals surface area contributed by atoms with Crippen LogP contribution in [0, 0.1) is 0 Å². The van der Waals surface area contributed by atoms with Crippen LogP contribution in [0.2, 0.25) is 5.02 Å². The first-order valence-corrected chi connectivity index (χ1v) is 4.36. The summed E-state index contributed by atoms with van der Waals surface area (Å²) in [7, 11) is 0. The van der Waals surface area contributed by atoms with E-state index in [1.807, 2.05) is 24.4 Å². The van der Waals surface area contributed by atoms with E-state index >= 15 is 0 Å². The highest BCUT2D eigenvalue weighted by atomic mass is 79.9. The van der Waals surface area contributed by atoms with E-state index < -0.39 is 0 Å². The molecule has 1 heterocycles. The first-order valence-electron chi connectivity index (χ1n) is 3.19. The Morgan fingerprint density at radius 3 is 3.00 bits per heavy atom. The molecule has 1 nitrogen and oxygen atoms in total. The fourth-order valence-electron chi connectivity index (χ4n) is 1.09. The normalized spacial score (nSPS) is 10.7. The number of aromatic nitrogens is 1. The molecule has 2 rings (SSSR count). The van der Waals surface area contributed by atoms with E-state index in [2.05, 4.69) is 20.9 Å². The summed E-state index contributed by atoms with van der Waals surface area (Å²) < 4.78 is 1.01. The van der Waals surface area contributed by atoms with E-state index in [9.17, 15) is 0 Å². The molecule has 0 spiro atoms. The van der Waals surface area contributed by atoms with E-state index in [0.29, 0.717) is 0 Å². The number of H-pyrrole nitrogens is 1. The predicted molar refractivity (Wildman–Crippen MR) is 51.0 cm³/mol. The van der Waals surface area contributed by atoms with Gasteiger partial charge < -0.3 is 4.98 Å². The second-order valence-corrected chi connectivity index (χ2v) is 3.65. The van der Waals surface area contributed by atoms with Crippen molar-refractivity contribution < 1.29 is 0 Å². The number of halogens is 2. The van der Waals surface area contributed by atoms with Crippen molar-refractivity contribution in [3.63, 3.8) is 0 Å². The Hall–Kier alpha value is -0.470. The summed E-state index contributed by atoms with van der Waals surface area (Å²) in [4.78, 5) is 3.06. The van der Waals surface area contributed by atoms with E-state index in [-0.39, 0.29) is 0 Å². The maximum absolute atomic E-state index is 5.94. The van der Waals surface area contributed by atoms with Crippen molar-refractivity contribution in [3.8, 4) is 0 Å². The van der Waals surface area contributed by atoms with Gasteiger partial charge in [0.15, 0.2) is 0 Å². The maximum Gasteiger partial charge on any atom is 0.0658 e. The van der Waals surface area contributed by atoms with Crippen LogP contribution in [-0.2, 0) is 0 Å². The second kappa shape index (κ2) is 2.54. The van der Waals surface area contributed by atoms with Gasteiger partial charge in [0.25, 0.3) is 0 Å². The summed E-state index contributed by atoms with van der Waals surface area (Å²) in [5.41, 5.74) is 0.995. The lowest BCUT2D eigenvalue weighted by molar-refractivity contribution is 1.48. The Bertz CT molecular complexity index is 394. The number of hydrogen-bond acceptors (Lipinski definition) is 0. The molecule has 1 N–H and O–H groups in total. The Morgan fingerprint density at radius 1 is 1.36 bits per heavy atom. The molecule has 0 bridgehead atoms. The first kappa shape index (κ1) is 7.19. The van der Waals surface area contributed by atoms with Crippen LogP contribution in [0.4, 0.5) is 0 Å². The third kappa shape index (κ3) is 1.17. The zero-order valence-electron chi connectivity index (χ0n) is 5.57. The molecular weight excluding hydrogens is 225 g/mol. The SMILES string of the molecule is Clc1cc(Br)cc2cc[nH]c12. The highest BCUT2D eigenvalue weighted by Gasteiger charge is 2.00. The topological polar surface area (TPSA) is 15.8 Å². The van der Waals surface area contributed by atoms with Crippen molar-refractivity contribution in [1.82, 2.24) is 4.98 Å². The zero-order valence-corrected chi connectivity index (χ0v) is 7.91. The van der Waals surface area contributed by atoms with Gasteiger partial charge in [0, 0.05) is 16.1 Å². The second-order valence-electron chi connectivity index (χ2n) is 2.33. The number of fused-ring (bicyclic) bond motifs is 1. The minimum absolute atomic E-state index is 0.749.